The number of ether oxygens (including phenoxy) is 1. The zero-order chi connectivity index (χ0) is 20.6. The van der Waals surface area contributed by atoms with Crippen molar-refractivity contribution in [2.45, 2.75) is 18.2 Å². The number of aromatic nitrogens is 1. The van der Waals surface area contributed by atoms with Crippen LogP contribution < -0.4 is 5.32 Å². The highest BCUT2D eigenvalue weighted by molar-refractivity contribution is 7.99. The maximum Gasteiger partial charge on any atom is 0.350 e. The van der Waals surface area contributed by atoms with Crippen LogP contribution in [0.3, 0.4) is 0 Å². The molecule has 1 amide bonds. The fourth-order valence-electron chi connectivity index (χ4n) is 2.47. The topological polar surface area (TPSA) is 68.3 Å². The number of hydrogen-bond acceptors (Lipinski definition) is 6. The molecule has 0 aliphatic rings. The van der Waals surface area contributed by atoms with Crippen molar-refractivity contribution in [3.05, 3.63) is 65.3 Å². The summed E-state index contributed by atoms with van der Waals surface area (Å²) in [6.45, 7) is 2.00. The van der Waals surface area contributed by atoms with Gasteiger partial charge in [0.05, 0.1) is 12.3 Å². The number of amides is 1. The Hall–Kier alpha value is -2.71. The number of carbonyl (C=O) groups is 2. The number of nitrogens with zero attached hydrogens (tertiary/aromatic N) is 1. The number of carbonyl (C=O) groups excluding carboxylic acids is 2. The van der Waals surface area contributed by atoms with Crippen molar-refractivity contribution in [1.82, 2.24) is 4.98 Å². The van der Waals surface area contributed by atoms with Gasteiger partial charge in [-0.2, -0.15) is 0 Å². The third-order valence-corrected chi connectivity index (χ3v) is 5.76. The summed E-state index contributed by atoms with van der Waals surface area (Å²) in [6, 6.07) is 15.4. The first-order valence-electron chi connectivity index (χ1n) is 8.98. The second kappa shape index (κ2) is 10.2. The largest absolute Gasteiger partial charge is 0.462 e. The van der Waals surface area contributed by atoms with E-state index >= 15 is 0 Å². The van der Waals surface area contributed by atoms with Gasteiger partial charge in [0.1, 0.15) is 10.7 Å². The number of benzene rings is 2. The summed E-state index contributed by atoms with van der Waals surface area (Å²) in [6.07, 6.45) is 0.261. The number of thiazole rings is 1. The molecule has 0 fully saturated rings. The van der Waals surface area contributed by atoms with E-state index in [0.717, 1.165) is 21.8 Å². The number of rotatable bonds is 8. The van der Waals surface area contributed by atoms with E-state index < -0.39 is 5.97 Å². The minimum Gasteiger partial charge on any atom is -0.462 e. The highest BCUT2D eigenvalue weighted by Crippen LogP contribution is 2.32. The van der Waals surface area contributed by atoms with E-state index in [1.165, 1.54) is 23.9 Å². The number of nitrogens with one attached hydrogen (secondary N) is 1. The van der Waals surface area contributed by atoms with E-state index in [0.29, 0.717) is 21.5 Å². The third-order valence-electron chi connectivity index (χ3n) is 3.79. The van der Waals surface area contributed by atoms with Crippen molar-refractivity contribution >= 4 is 40.1 Å². The van der Waals surface area contributed by atoms with E-state index in [-0.39, 0.29) is 24.8 Å². The maximum atomic E-state index is 12.9. The standard InChI is InChI=1S/C21H19FN2O3S2/c1-2-27-20(26)19-18(14-6-4-3-5-7-14)24-21(29-19)23-17(25)12-13-28-16-10-8-15(22)9-11-16/h3-11H,2,12-13H2,1H3,(H,23,24,25). The number of hydrogen-bond donors (Lipinski definition) is 1. The van der Waals surface area contributed by atoms with Crippen molar-refractivity contribution < 1.29 is 18.7 Å². The normalized spacial score (nSPS) is 10.6. The Morgan fingerprint density at radius 1 is 1.14 bits per heavy atom. The Kier molecular flexibility index (Phi) is 7.37. The van der Waals surface area contributed by atoms with Crippen molar-refractivity contribution in [1.29, 1.82) is 0 Å². The van der Waals surface area contributed by atoms with E-state index in [2.05, 4.69) is 10.3 Å². The molecule has 8 heteroatoms. The minimum absolute atomic E-state index is 0.205. The van der Waals surface area contributed by atoms with Crippen LogP contribution in [0.15, 0.2) is 59.5 Å². The quantitative estimate of drug-likeness (QED) is 0.391. The van der Waals surface area contributed by atoms with Crippen LogP contribution in [0.25, 0.3) is 11.3 Å². The molecule has 2 aromatic carbocycles. The van der Waals surface area contributed by atoms with Crippen molar-refractivity contribution in [2.24, 2.45) is 0 Å². The lowest BCUT2D eigenvalue weighted by Crippen LogP contribution is -2.11. The smallest absolute Gasteiger partial charge is 0.350 e. The molecule has 0 radical (unpaired) electrons. The summed E-state index contributed by atoms with van der Waals surface area (Å²) in [7, 11) is 0. The molecule has 1 aromatic heterocycles. The second-order valence-electron chi connectivity index (χ2n) is 5.88. The molecule has 0 unspecified atom stereocenters. The molecule has 0 saturated carbocycles. The molecule has 0 saturated heterocycles. The van der Waals surface area contributed by atoms with Crippen LogP contribution in [0, 0.1) is 5.82 Å². The molecule has 29 heavy (non-hydrogen) atoms. The fraction of sp³-hybridized carbons (Fsp3) is 0.190. The van der Waals surface area contributed by atoms with Gasteiger partial charge in [-0.05, 0) is 31.2 Å². The van der Waals surface area contributed by atoms with E-state index in [4.69, 9.17) is 4.74 Å². The lowest BCUT2D eigenvalue weighted by molar-refractivity contribution is -0.115. The summed E-state index contributed by atoms with van der Waals surface area (Å²) < 4.78 is 18.0. The highest BCUT2D eigenvalue weighted by Gasteiger charge is 2.21. The first kappa shape index (κ1) is 21.0. The van der Waals surface area contributed by atoms with E-state index in [1.807, 2.05) is 30.3 Å². The van der Waals surface area contributed by atoms with Crippen molar-refractivity contribution in [3.8, 4) is 11.3 Å². The summed E-state index contributed by atoms with van der Waals surface area (Å²) in [4.78, 5) is 30.3. The van der Waals surface area contributed by atoms with Gasteiger partial charge in [0.15, 0.2) is 5.13 Å². The Bertz CT molecular complexity index is 975. The van der Waals surface area contributed by atoms with Crippen LogP contribution in [0.5, 0.6) is 0 Å². The van der Waals surface area contributed by atoms with Gasteiger partial charge in [-0.15, -0.1) is 11.8 Å². The molecular formula is C21H19FN2O3S2. The van der Waals surface area contributed by atoms with Crippen LogP contribution in [0.1, 0.15) is 23.0 Å². The van der Waals surface area contributed by atoms with Crippen molar-refractivity contribution in [2.75, 3.05) is 17.7 Å². The zero-order valence-electron chi connectivity index (χ0n) is 15.7. The predicted octanol–water partition coefficient (Wildman–Crippen LogP) is 5.25. The van der Waals surface area contributed by atoms with Crippen LogP contribution in [-0.4, -0.2) is 29.2 Å². The second-order valence-corrected chi connectivity index (χ2v) is 8.05. The lowest BCUT2D eigenvalue weighted by atomic mass is 10.1. The average molecular weight is 431 g/mol. The minimum atomic E-state index is -0.462. The van der Waals surface area contributed by atoms with E-state index in [1.54, 1.807) is 19.1 Å². The van der Waals surface area contributed by atoms with Crippen LogP contribution >= 0.6 is 23.1 Å². The summed E-state index contributed by atoms with van der Waals surface area (Å²) in [5, 5.41) is 3.10. The zero-order valence-corrected chi connectivity index (χ0v) is 17.3. The molecule has 150 valence electrons. The lowest BCUT2D eigenvalue weighted by Gasteiger charge is -2.02. The number of thioether (sulfide) groups is 1. The Labute approximate surface area is 176 Å². The molecule has 3 aromatic rings. The molecule has 0 aliphatic carbocycles. The van der Waals surface area contributed by atoms with Crippen LogP contribution in [0.2, 0.25) is 0 Å². The van der Waals surface area contributed by atoms with Crippen LogP contribution in [-0.2, 0) is 9.53 Å². The molecule has 5 nitrogen and oxygen atoms in total. The molecule has 1 N–H and O–H groups in total. The molecule has 1 heterocycles. The molecule has 0 aliphatic heterocycles. The Morgan fingerprint density at radius 3 is 2.55 bits per heavy atom. The summed E-state index contributed by atoms with van der Waals surface area (Å²) in [5.74, 6) is -0.416. The van der Waals surface area contributed by atoms with Gasteiger partial charge < -0.3 is 10.1 Å². The van der Waals surface area contributed by atoms with E-state index in [9.17, 15) is 14.0 Å². The summed E-state index contributed by atoms with van der Waals surface area (Å²) in [5.41, 5.74) is 1.27. The van der Waals surface area contributed by atoms with Gasteiger partial charge in [0.25, 0.3) is 0 Å². The Balaban J connectivity index is 1.66. The molecule has 0 bridgehead atoms. The monoisotopic (exact) mass is 430 g/mol. The molecular weight excluding hydrogens is 411 g/mol. The number of anilines is 1. The average Bonchev–Trinajstić information content (AvgIpc) is 3.14. The third kappa shape index (κ3) is 5.88. The van der Waals surface area contributed by atoms with Gasteiger partial charge >= 0.3 is 5.97 Å². The number of esters is 1. The first-order chi connectivity index (χ1) is 14.1. The maximum absolute atomic E-state index is 12.9. The van der Waals surface area contributed by atoms with Gasteiger partial charge in [0.2, 0.25) is 5.91 Å². The molecule has 0 atom stereocenters. The highest BCUT2D eigenvalue weighted by atomic mass is 32.2. The Morgan fingerprint density at radius 2 is 1.86 bits per heavy atom. The summed E-state index contributed by atoms with van der Waals surface area (Å²) >= 11 is 2.56. The van der Waals surface area contributed by atoms with Crippen molar-refractivity contribution in [3.63, 3.8) is 0 Å². The van der Waals surface area contributed by atoms with Gasteiger partial charge in [0, 0.05) is 22.6 Å². The SMILES string of the molecule is CCOC(=O)c1sc(NC(=O)CCSc2ccc(F)cc2)nc1-c1ccccc1. The number of halogens is 1. The van der Waals surface area contributed by atoms with Gasteiger partial charge in [-0.25, -0.2) is 14.2 Å². The molecule has 0 spiro atoms. The fourth-order valence-corrected chi connectivity index (χ4v) is 4.22. The first-order valence-corrected chi connectivity index (χ1v) is 10.8. The predicted molar refractivity (Wildman–Crippen MR) is 114 cm³/mol. The molecule has 3 rings (SSSR count). The van der Waals surface area contributed by atoms with Gasteiger partial charge in [-0.3, -0.25) is 4.79 Å². The van der Waals surface area contributed by atoms with Gasteiger partial charge in [-0.1, -0.05) is 41.7 Å². The van der Waals surface area contributed by atoms with Crippen LogP contribution in [0.4, 0.5) is 9.52 Å².